The summed E-state index contributed by atoms with van der Waals surface area (Å²) in [5.41, 5.74) is 0.888. The van der Waals surface area contributed by atoms with Gasteiger partial charge in [-0.25, -0.2) is 14.4 Å². The van der Waals surface area contributed by atoms with Gasteiger partial charge < -0.3 is 28.4 Å². The Morgan fingerprint density at radius 3 is 1.24 bits per heavy atom. The Balaban J connectivity index is 2.60. The number of esters is 6. The fourth-order valence-corrected chi connectivity index (χ4v) is 4.11. The largest absolute Gasteiger partial charge is 0.462 e. The van der Waals surface area contributed by atoms with Crippen molar-refractivity contribution in [2.75, 3.05) is 19.8 Å². The van der Waals surface area contributed by atoms with E-state index in [1.54, 1.807) is 20.8 Å². The first-order valence-corrected chi connectivity index (χ1v) is 15.4. The minimum absolute atomic E-state index is 0.0606. The van der Waals surface area contributed by atoms with Gasteiger partial charge in [0.25, 0.3) is 0 Å². The summed E-state index contributed by atoms with van der Waals surface area (Å²) in [5, 5.41) is 0. The minimum Gasteiger partial charge on any atom is -0.462 e. The highest BCUT2D eigenvalue weighted by atomic mass is 16.6. The number of carbonyl (C=O) groups excluding carboxylic acids is 6. The smallest absolute Gasteiger partial charge is 0.333 e. The molecule has 0 aromatic carbocycles. The van der Waals surface area contributed by atoms with Crippen LogP contribution in [0.3, 0.4) is 0 Å². The molecule has 12 heteroatoms. The summed E-state index contributed by atoms with van der Waals surface area (Å²) in [6, 6.07) is 0. The van der Waals surface area contributed by atoms with Gasteiger partial charge in [0.1, 0.15) is 18.3 Å². The highest BCUT2D eigenvalue weighted by Crippen LogP contribution is 2.28. The topological polar surface area (TPSA) is 158 Å². The molecule has 0 heterocycles. The Labute approximate surface area is 265 Å². The van der Waals surface area contributed by atoms with Crippen molar-refractivity contribution in [1.82, 2.24) is 0 Å². The average Bonchev–Trinajstić information content (AvgIpc) is 2.97. The van der Waals surface area contributed by atoms with Gasteiger partial charge in [-0.2, -0.15) is 0 Å². The van der Waals surface area contributed by atoms with Crippen molar-refractivity contribution in [2.45, 2.75) is 116 Å². The quantitative estimate of drug-likeness (QED) is 0.0736. The molecule has 0 bridgehead atoms. The number of carbonyl (C=O) groups is 6. The van der Waals surface area contributed by atoms with Crippen molar-refractivity contribution in [3.8, 4) is 0 Å². The molecule has 1 aliphatic carbocycles. The van der Waals surface area contributed by atoms with Gasteiger partial charge in [0, 0.05) is 42.4 Å². The predicted octanol–water partition coefficient (Wildman–Crippen LogP) is 4.77. The van der Waals surface area contributed by atoms with E-state index in [1.807, 2.05) is 0 Å². The van der Waals surface area contributed by atoms with Crippen molar-refractivity contribution < 1.29 is 57.2 Å². The van der Waals surface area contributed by atoms with Gasteiger partial charge in [0.05, 0.1) is 19.8 Å². The second kappa shape index (κ2) is 21.7. The highest BCUT2D eigenvalue weighted by molar-refractivity contribution is 5.87. The van der Waals surface area contributed by atoms with E-state index in [0.29, 0.717) is 62.5 Å². The maximum Gasteiger partial charge on any atom is 0.333 e. The molecular weight excluding hydrogens is 588 g/mol. The minimum atomic E-state index is -0.813. The summed E-state index contributed by atoms with van der Waals surface area (Å²) >= 11 is 0. The summed E-state index contributed by atoms with van der Waals surface area (Å²) < 4.78 is 32.0. The Morgan fingerprint density at radius 1 is 0.511 bits per heavy atom. The van der Waals surface area contributed by atoms with E-state index in [4.69, 9.17) is 28.4 Å². The van der Waals surface area contributed by atoms with E-state index >= 15 is 0 Å². The van der Waals surface area contributed by atoms with Crippen LogP contribution in [-0.2, 0) is 57.2 Å². The molecule has 0 aromatic heterocycles. The zero-order valence-electron chi connectivity index (χ0n) is 26.9. The third kappa shape index (κ3) is 17.8. The molecule has 1 fully saturated rings. The first-order valence-electron chi connectivity index (χ1n) is 15.4. The standard InChI is InChI=1S/C33H48O12/c1-22(2)31(37)40-18-10-7-13-28(34)43-25-16-17-26(44-29(35)14-8-11-19-41-32(38)23(3)4)27(21-25)45-30(36)15-9-12-20-42-33(39)24(5)6/h25-27H,1,3,5,7-21H2,2,4,6H3/t25?,26-,27+/m1/s1. The van der Waals surface area contributed by atoms with E-state index in [1.165, 1.54) is 0 Å². The molecule has 1 rings (SSSR count). The second-order valence-corrected chi connectivity index (χ2v) is 11.1. The van der Waals surface area contributed by atoms with Gasteiger partial charge in [-0.1, -0.05) is 19.7 Å². The van der Waals surface area contributed by atoms with Crippen LogP contribution < -0.4 is 0 Å². The summed E-state index contributed by atoms with van der Waals surface area (Å²) in [4.78, 5) is 72.0. The van der Waals surface area contributed by atoms with Crippen molar-refractivity contribution >= 4 is 35.8 Å². The third-order valence-electron chi connectivity index (χ3n) is 6.62. The van der Waals surface area contributed by atoms with Gasteiger partial charge in [-0.05, 0) is 72.1 Å². The van der Waals surface area contributed by atoms with Crippen molar-refractivity contribution in [2.24, 2.45) is 0 Å². The number of ether oxygens (including phenoxy) is 6. The van der Waals surface area contributed by atoms with Gasteiger partial charge in [-0.15, -0.1) is 0 Å². The number of hydrogen-bond acceptors (Lipinski definition) is 12. The van der Waals surface area contributed by atoms with Crippen molar-refractivity contribution in [3.05, 3.63) is 36.5 Å². The molecule has 1 aliphatic rings. The summed E-state index contributed by atoms with van der Waals surface area (Å²) in [6.45, 7) is 15.7. The van der Waals surface area contributed by atoms with Crippen LogP contribution in [0.25, 0.3) is 0 Å². The lowest BCUT2D eigenvalue weighted by Crippen LogP contribution is -2.43. The van der Waals surface area contributed by atoms with Crippen LogP contribution in [0, 0.1) is 0 Å². The molecule has 0 N–H and O–H groups in total. The Morgan fingerprint density at radius 2 is 0.867 bits per heavy atom. The Bertz CT molecular complexity index is 1080. The monoisotopic (exact) mass is 636 g/mol. The van der Waals surface area contributed by atoms with Gasteiger partial charge in [0.15, 0.2) is 0 Å². The first-order chi connectivity index (χ1) is 21.3. The molecule has 0 aliphatic heterocycles. The zero-order chi connectivity index (χ0) is 33.8. The van der Waals surface area contributed by atoms with E-state index in [0.717, 1.165) is 0 Å². The molecule has 0 radical (unpaired) electrons. The molecule has 1 saturated carbocycles. The molecule has 3 atom stereocenters. The van der Waals surface area contributed by atoms with Crippen LogP contribution in [0.15, 0.2) is 36.5 Å². The van der Waals surface area contributed by atoms with Crippen LogP contribution >= 0.6 is 0 Å². The number of unbranched alkanes of at least 4 members (excludes halogenated alkanes) is 3. The van der Waals surface area contributed by atoms with Crippen molar-refractivity contribution in [1.29, 1.82) is 0 Å². The SMILES string of the molecule is C=C(C)C(=O)OCCCCC(=O)OC1CC[C@@H](OC(=O)CCCCOC(=O)C(=C)C)[C@@H](OC(=O)CCCCOC(=O)C(=C)C)C1. The fraction of sp³-hybridized carbons (Fsp3) is 0.636. The van der Waals surface area contributed by atoms with Crippen LogP contribution in [0.4, 0.5) is 0 Å². The second-order valence-electron chi connectivity index (χ2n) is 11.1. The zero-order valence-corrected chi connectivity index (χ0v) is 26.9. The van der Waals surface area contributed by atoms with Crippen LogP contribution in [-0.4, -0.2) is 73.9 Å². The lowest BCUT2D eigenvalue weighted by molar-refractivity contribution is -0.180. The molecule has 0 aromatic rings. The Kier molecular flexibility index (Phi) is 18.8. The number of hydrogen-bond donors (Lipinski definition) is 0. The lowest BCUT2D eigenvalue weighted by atomic mass is 9.91. The van der Waals surface area contributed by atoms with Crippen molar-refractivity contribution in [3.63, 3.8) is 0 Å². The fourth-order valence-electron chi connectivity index (χ4n) is 4.11. The Hall–Kier alpha value is -3.96. The highest BCUT2D eigenvalue weighted by Gasteiger charge is 2.37. The number of rotatable bonds is 21. The molecule has 0 saturated heterocycles. The van der Waals surface area contributed by atoms with E-state index in [-0.39, 0.29) is 51.1 Å². The maximum absolute atomic E-state index is 12.6. The normalized spacial score (nSPS) is 17.3. The van der Waals surface area contributed by atoms with Crippen LogP contribution in [0.5, 0.6) is 0 Å². The van der Waals surface area contributed by atoms with Gasteiger partial charge >= 0.3 is 35.8 Å². The molecule has 12 nitrogen and oxygen atoms in total. The molecule has 0 amide bonds. The molecular formula is C33H48O12. The van der Waals surface area contributed by atoms with Crippen LogP contribution in [0.2, 0.25) is 0 Å². The maximum atomic E-state index is 12.6. The van der Waals surface area contributed by atoms with Crippen LogP contribution in [0.1, 0.15) is 97.8 Å². The van der Waals surface area contributed by atoms with Gasteiger partial charge in [-0.3, -0.25) is 14.4 Å². The van der Waals surface area contributed by atoms with E-state index in [9.17, 15) is 28.8 Å². The average molecular weight is 637 g/mol. The molecule has 1 unspecified atom stereocenters. The molecule has 0 spiro atoms. The third-order valence-corrected chi connectivity index (χ3v) is 6.62. The molecule has 45 heavy (non-hydrogen) atoms. The lowest BCUT2D eigenvalue weighted by Gasteiger charge is -2.34. The predicted molar refractivity (Wildman–Crippen MR) is 162 cm³/mol. The summed E-state index contributed by atoms with van der Waals surface area (Å²) in [7, 11) is 0. The van der Waals surface area contributed by atoms with E-state index < -0.39 is 54.1 Å². The van der Waals surface area contributed by atoms with E-state index in [2.05, 4.69) is 19.7 Å². The first kappa shape index (κ1) is 39.1. The molecule has 252 valence electrons. The van der Waals surface area contributed by atoms with Gasteiger partial charge in [0.2, 0.25) is 0 Å². The summed E-state index contributed by atoms with van der Waals surface area (Å²) in [5.74, 6) is -2.88. The summed E-state index contributed by atoms with van der Waals surface area (Å²) in [6.07, 6.45) is 1.83.